The summed E-state index contributed by atoms with van der Waals surface area (Å²) in [6.45, 7) is 0. The monoisotopic (exact) mass is 360 g/mol. The highest BCUT2D eigenvalue weighted by molar-refractivity contribution is 6.09. The third kappa shape index (κ3) is 4.55. The molecule has 3 aromatic rings. The first-order valence-corrected chi connectivity index (χ1v) is 8.11. The van der Waals surface area contributed by atoms with Crippen molar-refractivity contribution in [2.75, 3.05) is 5.32 Å². The fourth-order valence-electron chi connectivity index (χ4n) is 2.32. The minimum atomic E-state index is -0.559. The Balaban J connectivity index is 1.69. The van der Waals surface area contributed by atoms with Gasteiger partial charge < -0.3 is 5.32 Å². The van der Waals surface area contributed by atoms with Gasteiger partial charge in [0.1, 0.15) is 0 Å². The van der Waals surface area contributed by atoms with Gasteiger partial charge in [0.2, 0.25) is 0 Å². The van der Waals surface area contributed by atoms with Gasteiger partial charge in [-0.2, -0.15) is 0 Å². The van der Waals surface area contributed by atoms with Crippen LogP contribution in [0.1, 0.15) is 31.1 Å². The summed E-state index contributed by atoms with van der Waals surface area (Å²) in [4.78, 5) is 40.6. The van der Waals surface area contributed by atoms with Gasteiger partial charge in [-0.15, -0.1) is 0 Å². The molecule has 0 fully saturated rings. The first-order valence-electron chi connectivity index (χ1n) is 8.11. The second kappa shape index (κ2) is 8.39. The molecule has 0 radical (unpaired) electrons. The predicted molar refractivity (Wildman–Crippen MR) is 100 cm³/mol. The highest BCUT2D eigenvalue weighted by atomic mass is 16.2. The Morgan fingerprint density at radius 1 is 0.667 bits per heavy atom. The molecular weight excluding hydrogens is 344 g/mol. The van der Waals surface area contributed by atoms with Crippen LogP contribution in [0.15, 0.2) is 79.1 Å². The molecule has 0 bridgehead atoms. The lowest BCUT2D eigenvalue weighted by molar-refractivity contribution is 0.0846. The topological polar surface area (TPSA) is 100 Å². The normalized spacial score (nSPS) is 9.93. The summed E-state index contributed by atoms with van der Waals surface area (Å²) in [5.74, 6) is -1.39. The quantitative estimate of drug-likeness (QED) is 0.622. The lowest BCUT2D eigenvalue weighted by atomic mass is 10.1. The summed E-state index contributed by atoms with van der Waals surface area (Å²) < 4.78 is 0. The summed E-state index contributed by atoms with van der Waals surface area (Å²) >= 11 is 0. The average molecular weight is 360 g/mol. The van der Waals surface area contributed by atoms with E-state index in [0.717, 1.165) is 0 Å². The van der Waals surface area contributed by atoms with Gasteiger partial charge in [0.15, 0.2) is 0 Å². The van der Waals surface area contributed by atoms with Gasteiger partial charge in [0, 0.05) is 18.0 Å². The van der Waals surface area contributed by atoms with Crippen molar-refractivity contribution in [1.82, 2.24) is 15.8 Å². The molecule has 3 rings (SSSR count). The summed E-state index contributed by atoms with van der Waals surface area (Å²) in [6.07, 6.45) is 2.93. The summed E-state index contributed by atoms with van der Waals surface area (Å²) in [7, 11) is 0. The summed E-state index contributed by atoms with van der Waals surface area (Å²) in [5, 5.41) is 2.70. The van der Waals surface area contributed by atoms with Crippen molar-refractivity contribution in [3.63, 3.8) is 0 Å². The van der Waals surface area contributed by atoms with E-state index in [1.807, 2.05) is 6.07 Å². The Morgan fingerprint density at radius 3 is 2.07 bits per heavy atom. The van der Waals surface area contributed by atoms with Gasteiger partial charge in [-0.1, -0.05) is 30.3 Å². The number of carbonyl (C=O) groups is 3. The number of para-hydroxylation sites is 1. The lowest BCUT2D eigenvalue weighted by Gasteiger charge is -2.12. The Bertz CT molecular complexity index is 959. The van der Waals surface area contributed by atoms with E-state index in [9.17, 15) is 14.4 Å². The number of rotatable bonds is 4. The van der Waals surface area contributed by atoms with Crippen LogP contribution in [0.3, 0.4) is 0 Å². The highest BCUT2D eigenvalue weighted by Gasteiger charge is 2.15. The number of nitrogens with zero attached hydrogens (tertiary/aromatic N) is 1. The maximum absolute atomic E-state index is 12.4. The smallest absolute Gasteiger partial charge is 0.271 e. The molecule has 27 heavy (non-hydrogen) atoms. The standard InChI is InChI=1S/C20H16N4O3/c25-18(14-7-2-1-3-8-14)22-17-11-5-4-10-16(17)20(27)24-23-19(26)15-9-6-12-21-13-15/h1-13H,(H,22,25)(H,23,26)(H,24,27). The number of nitrogens with one attached hydrogen (secondary N) is 3. The van der Waals surface area contributed by atoms with Crippen LogP contribution in [0.25, 0.3) is 0 Å². The third-order valence-electron chi connectivity index (χ3n) is 3.67. The van der Waals surface area contributed by atoms with E-state index in [1.165, 1.54) is 6.20 Å². The number of benzene rings is 2. The van der Waals surface area contributed by atoms with Crippen LogP contribution in [0, 0.1) is 0 Å². The molecule has 0 aliphatic carbocycles. The van der Waals surface area contributed by atoms with E-state index < -0.39 is 11.8 Å². The summed E-state index contributed by atoms with van der Waals surface area (Å²) in [5.41, 5.74) is 5.98. The SMILES string of the molecule is O=C(NNC(=O)c1ccccc1NC(=O)c1ccccc1)c1cccnc1. The third-order valence-corrected chi connectivity index (χ3v) is 3.67. The van der Waals surface area contributed by atoms with Crippen molar-refractivity contribution in [3.8, 4) is 0 Å². The van der Waals surface area contributed by atoms with E-state index in [1.54, 1.807) is 66.9 Å². The fraction of sp³-hybridized carbons (Fsp3) is 0. The average Bonchev–Trinajstić information content (AvgIpc) is 2.73. The van der Waals surface area contributed by atoms with Gasteiger partial charge in [-0.3, -0.25) is 30.2 Å². The Morgan fingerprint density at radius 2 is 1.33 bits per heavy atom. The zero-order valence-corrected chi connectivity index (χ0v) is 14.2. The van der Waals surface area contributed by atoms with Crippen molar-refractivity contribution in [2.45, 2.75) is 0 Å². The van der Waals surface area contributed by atoms with Crippen LogP contribution in [0.2, 0.25) is 0 Å². The van der Waals surface area contributed by atoms with E-state index in [-0.39, 0.29) is 11.5 Å². The number of carbonyl (C=O) groups excluding carboxylic acids is 3. The number of anilines is 1. The number of amides is 3. The van der Waals surface area contributed by atoms with Gasteiger partial charge in [0.25, 0.3) is 17.7 Å². The molecule has 0 unspecified atom stereocenters. The molecule has 0 saturated carbocycles. The van der Waals surface area contributed by atoms with Crippen LogP contribution in [0.4, 0.5) is 5.69 Å². The molecule has 1 aromatic heterocycles. The molecule has 134 valence electrons. The molecule has 0 aliphatic rings. The highest BCUT2D eigenvalue weighted by Crippen LogP contribution is 2.16. The van der Waals surface area contributed by atoms with Crippen LogP contribution >= 0.6 is 0 Å². The van der Waals surface area contributed by atoms with Crippen molar-refractivity contribution in [2.24, 2.45) is 0 Å². The minimum Gasteiger partial charge on any atom is -0.321 e. The number of aromatic nitrogens is 1. The lowest BCUT2D eigenvalue weighted by Crippen LogP contribution is -2.42. The molecular formula is C20H16N4O3. The molecule has 0 aliphatic heterocycles. The Hall–Kier alpha value is -4.00. The van der Waals surface area contributed by atoms with Crippen LogP contribution in [-0.4, -0.2) is 22.7 Å². The van der Waals surface area contributed by atoms with Gasteiger partial charge >= 0.3 is 0 Å². The number of pyridine rings is 1. The van der Waals surface area contributed by atoms with Crippen LogP contribution < -0.4 is 16.2 Å². The zero-order chi connectivity index (χ0) is 19.1. The van der Waals surface area contributed by atoms with Crippen molar-refractivity contribution < 1.29 is 14.4 Å². The minimum absolute atomic E-state index is 0.216. The van der Waals surface area contributed by atoms with E-state index in [0.29, 0.717) is 16.8 Å². The van der Waals surface area contributed by atoms with Gasteiger partial charge in [-0.05, 0) is 36.4 Å². The zero-order valence-electron chi connectivity index (χ0n) is 14.2. The number of hydrogen-bond donors (Lipinski definition) is 3. The molecule has 0 spiro atoms. The largest absolute Gasteiger partial charge is 0.321 e. The van der Waals surface area contributed by atoms with Gasteiger partial charge in [-0.25, -0.2) is 0 Å². The fourth-order valence-corrected chi connectivity index (χ4v) is 2.32. The second-order valence-electron chi connectivity index (χ2n) is 5.52. The first kappa shape index (κ1) is 17.8. The molecule has 7 heteroatoms. The molecule has 7 nitrogen and oxygen atoms in total. The van der Waals surface area contributed by atoms with Crippen LogP contribution in [-0.2, 0) is 0 Å². The molecule has 0 saturated heterocycles. The van der Waals surface area contributed by atoms with Crippen LogP contribution in [0.5, 0.6) is 0 Å². The molecule has 2 aromatic carbocycles. The molecule has 3 amide bonds. The second-order valence-corrected chi connectivity index (χ2v) is 5.52. The maximum atomic E-state index is 12.4. The Labute approximate surface area is 155 Å². The molecule has 0 atom stereocenters. The number of hydrazine groups is 1. The molecule has 3 N–H and O–H groups in total. The van der Waals surface area contributed by atoms with E-state index in [2.05, 4.69) is 21.2 Å². The first-order chi connectivity index (χ1) is 13.1. The van der Waals surface area contributed by atoms with E-state index >= 15 is 0 Å². The maximum Gasteiger partial charge on any atom is 0.271 e. The van der Waals surface area contributed by atoms with Gasteiger partial charge in [0.05, 0.1) is 16.8 Å². The van der Waals surface area contributed by atoms with E-state index in [4.69, 9.17) is 0 Å². The van der Waals surface area contributed by atoms with Crippen molar-refractivity contribution in [3.05, 3.63) is 95.8 Å². The van der Waals surface area contributed by atoms with Crippen molar-refractivity contribution >= 4 is 23.4 Å². The number of hydrogen-bond acceptors (Lipinski definition) is 4. The summed E-state index contributed by atoms with van der Waals surface area (Å²) in [6, 6.07) is 18.4. The predicted octanol–water partition coefficient (Wildman–Crippen LogP) is 2.41. The Kier molecular flexibility index (Phi) is 5.54. The van der Waals surface area contributed by atoms with Crippen molar-refractivity contribution in [1.29, 1.82) is 0 Å². The molecule has 1 heterocycles.